The van der Waals surface area contributed by atoms with Crippen LogP contribution in [0, 0.1) is 0 Å². The van der Waals surface area contributed by atoms with Crippen molar-refractivity contribution >= 4 is 59.3 Å². The molecule has 2 unspecified atom stereocenters. The molecule has 2 heterocycles. The molecule has 2 aliphatic heterocycles. The maximum atomic E-state index is 13.0. The minimum Gasteiger partial charge on any atom is -0.448 e. The van der Waals surface area contributed by atoms with Crippen LogP contribution in [0.25, 0.3) is 0 Å². The molecular formula is C32H48Cl2N4O8S. The molecule has 0 radical (unpaired) electrons. The van der Waals surface area contributed by atoms with Crippen LogP contribution >= 0.6 is 35.0 Å². The molecule has 0 aromatic carbocycles. The molecule has 0 saturated heterocycles. The lowest BCUT2D eigenvalue weighted by molar-refractivity contribution is -0.00811. The van der Waals surface area contributed by atoms with Gasteiger partial charge in [0.15, 0.2) is 0 Å². The topological polar surface area (TPSA) is 118 Å². The molecular weight excluding hydrogens is 671 g/mol. The third-order valence-corrected chi connectivity index (χ3v) is 10.0. The van der Waals surface area contributed by atoms with E-state index >= 15 is 0 Å². The molecule has 2 aliphatic rings. The molecule has 0 bridgehead atoms. The summed E-state index contributed by atoms with van der Waals surface area (Å²) >= 11 is 15.0. The number of amides is 4. The molecule has 47 heavy (non-hydrogen) atoms. The smallest absolute Gasteiger partial charge is 0.433 e. The van der Waals surface area contributed by atoms with Gasteiger partial charge in [-0.3, -0.25) is 0 Å². The second-order valence-corrected chi connectivity index (χ2v) is 13.1. The van der Waals surface area contributed by atoms with Crippen LogP contribution in [-0.4, -0.2) is 94.4 Å². The van der Waals surface area contributed by atoms with E-state index in [1.54, 1.807) is 39.5 Å². The van der Waals surface area contributed by atoms with E-state index in [1.165, 1.54) is 20.0 Å². The standard InChI is InChI=1S/C32H48Cl2N4O8S/c1-9-43-29(39)35-19-17-23(33)25(37(35)31(41)45-11-3)13-15-27(21(5)6)47-28(22(7)8)16-14-26-24(34)18-20-36(30(40)44-10-2)38(26)32(42)46-12-4/h27-28H,5,7,9-20H2,1-4,6,8H3. The SMILES string of the molecule is C=C(C)C(CCC1=C(Cl)CCN(C(=O)OCC)N1C(=O)OCC)SC(CCC1=C(Cl)CCN(C(=O)OCC)N1C(=O)OCC)C(=C)C. The summed E-state index contributed by atoms with van der Waals surface area (Å²) in [6, 6.07) is 0. The molecule has 2 rings (SSSR count). The number of allylic oxidation sites excluding steroid dienone is 2. The zero-order chi connectivity index (χ0) is 35.3. The van der Waals surface area contributed by atoms with Crippen LogP contribution in [0.3, 0.4) is 0 Å². The lowest BCUT2D eigenvalue weighted by atomic mass is 10.1. The van der Waals surface area contributed by atoms with E-state index < -0.39 is 24.4 Å². The van der Waals surface area contributed by atoms with Crippen molar-refractivity contribution in [1.82, 2.24) is 20.0 Å². The monoisotopic (exact) mass is 718 g/mol. The number of halogens is 2. The number of carbonyl (C=O) groups is 4. The largest absolute Gasteiger partial charge is 0.448 e. The van der Waals surface area contributed by atoms with Gasteiger partial charge in [0, 0.05) is 33.4 Å². The van der Waals surface area contributed by atoms with Crippen LogP contribution in [0.1, 0.15) is 80.1 Å². The summed E-state index contributed by atoms with van der Waals surface area (Å²) in [5.41, 5.74) is 2.73. The van der Waals surface area contributed by atoms with E-state index in [0.29, 0.717) is 60.0 Å². The predicted molar refractivity (Wildman–Crippen MR) is 183 cm³/mol. The van der Waals surface area contributed by atoms with Gasteiger partial charge < -0.3 is 18.9 Å². The number of rotatable bonds is 14. The first-order valence-corrected chi connectivity index (χ1v) is 17.6. The molecule has 15 heteroatoms. The van der Waals surface area contributed by atoms with Crippen molar-refractivity contribution in [3.63, 3.8) is 0 Å². The average Bonchev–Trinajstić information content (AvgIpc) is 3.01. The van der Waals surface area contributed by atoms with Gasteiger partial charge in [0.25, 0.3) is 0 Å². The van der Waals surface area contributed by atoms with Gasteiger partial charge in [0.1, 0.15) is 0 Å². The Kier molecular flexibility index (Phi) is 16.8. The van der Waals surface area contributed by atoms with Gasteiger partial charge in [-0.1, -0.05) is 47.5 Å². The van der Waals surface area contributed by atoms with E-state index in [1.807, 2.05) is 13.8 Å². The Hall–Kier alpha value is -3.03. The fourth-order valence-corrected chi connectivity index (χ4v) is 6.91. The first-order valence-electron chi connectivity index (χ1n) is 15.9. The summed E-state index contributed by atoms with van der Waals surface area (Å²) in [7, 11) is 0. The Bertz CT molecular complexity index is 1150. The van der Waals surface area contributed by atoms with E-state index in [-0.39, 0.29) is 50.0 Å². The second-order valence-electron chi connectivity index (χ2n) is 10.8. The van der Waals surface area contributed by atoms with Crippen LogP contribution < -0.4 is 0 Å². The third kappa shape index (κ3) is 11.0. The fraction of sp³-hybridized carbons (Fsp3) is 0.625. The van der Waals surface area contributed by atoms with Gasteiger partial charge in [-0.2, -0.15) is 10.0 Å². The lowest BCUT2D eigenvalue weighted by Gasteiger charge is -2.39. The van der Waals surface area contributed by atoms with Crippen LogP contribution in [0.4, 0.5) is 19.2 Å². The minimum atomic E-state index is -0.714. The van der Waals surface area contributed by atoms with Crippen molar-refractivity contribution in [3.05, 3.63) is 45.8 Å². The van der Waals surface area contributed by atoms with Gasteiger partial charge in [0.05, 0.1) is 50.9 Å². The third-order valence-electron chi connectivity index (χ3n) is 7.26. The molecule has 0 fully saturated rings. The van der Waals surface area contributed by atoms with Crippen molar-refractivity contribution < 1.29 is 38.1 Å². The normalized spacial score (nSPS) is 16.5. The van der Waals surface area contributed by atoms with Crippen molar-refractivity contribution in [2.45, 2.75) is 90.6 Å². The highest BCUT2D eigenvalue weighted by molar-refractivity contribution is 8.00. The molecule has 0 N–H and O–H groups in total. The number of thioether (sulfide) groups is 1. The van der Waals surface area contributed by atoms with Gasteiger partial charge >= 0.3 is 24.4 Å². The zero-order valence-corrected chi connectivity index (χ0v) is 30.6. The van der Waals surface area contributed by atoms with E-state index in [4.69, 9.17) is 42.1 Å². The highest BCUT2D eigenvalue weighted by Crippen LogP contribution is 2.39. The number of nitrogens with zero attached hydrogens (tertiary/aromatic N) is 4. The summed E-state index contributed by atoms with van der Waals surface area (Å²) in [4.78, 5) is 51.6. The molecule has 0 saturated carbocycles. The second kappa shape index (κ2) is 19.7. The van der Waals surface area contributed by atoms with E-state index in [9.17, 15) is 19.2 Å². The maximum Gasteiger partial charge on any atom is 0.433 e. The molecule has 0 aliphatic carbocycles. The van der Waals surface area contributed by atoms with Gasteiger partial charge in [-0.15, -0.1) is 11.8 Å². The molecule has 0 aromatic rings. The first-order chi connectivity index (χ1) is 22.3. The molecule has 0 spiro atoms. The highest BCUT2D eigenvalue weighted by Gasteiger charge is 2.38. The number of hydrazine groups is 2. The maximum absolute atomic E-state index is 13.0. The summed E-state index contributed by atoms with van der Waals surface area (Å²) < 4.78 is 20.9. The Labute approximate surface area is 292 Å². The van der Waals surface area contributed by atoms with Gasteiger partial charge in [-0.25, -0.2) is 29.2 Å². The Balaban J connectivity index is 2.29. The van der Waals surface area contributed by atoms with Gasteiger partial charge in [-0.05, 0) is 67.2 Å². The molecule has 4 amide bonds. The molecule has 264 valence electrons. The Morgan fingerprint density at radius 3 is 1.28 bits per heavy atom. The van der Waals surface area contributed by atoms with Crippen LogP contribution in [-0.2, 0) is 18.9 Å². The Morgan fingerprint density at radius 1 is 0.660 bits per heavy atom. The van der Waals surface area contributed by atoms with E-state index in [2.05, 4.69) is 13.2 Å². The van der Waals surface area contributed by atoms with Crippen LogP contribution in [0.5, 0.6) is 0 Å². The summed E-state index contributed by atoms with van der Waals surface area (Å²) in [5, 5.41) is 5.54. The van der Waals surface area contributed by atoms with Crippen LogP contribution in [0.2, 0.25) is 0 Å². The average molecular weight is 720 g/mol. The van der Waals surface area contributed by atoms with Crippen molar-refractivity contribution in [2.75, 3.05) is 39.5 Å². The molecule has 2 atom stereocenters. The quantitative estimate of drug-likeness (QED) is 0.129. The van der Waals surface area contributed by atoms with Crippen molar-refractivity contribution in [2.24, 2.45) is 0 Å². The number of hydrogen-bond acceptors (Lipinski definition) is 9. The van der Waals surface area contributed by atoms with E-state index in [0.717, 1.165) is 11.1 Å². The van der Waals surface area contributed by atoms with Crippen molar-refractivity contribution in [3.8, 4) is 0 Å². The first kappa shape index (κ1) is 40.1. The Morgan fingerprint density at radius 2 is 0.979 bits per heavy atom. The minimum absolute atomic E-state index is 0.0938. The number of carbonyl (C=O) groups excluding carboxylic acids is 4. The molecule has 12 nitrogen and oxygen atoms in total. The lowest BCUT2D eigenvalue weighted by Crippen LogP contribution is -2.52. The number of hydrogen-bond donors (Lipinski definition) is 0. The van der Waals surface area contributed by atoms with Crippen LogP contribution in [0.15, 0.2) is 45.8 Å². The summed E-state index contributed by atoms with van der Waals surface area (Å²) in [6.45, 7) is 19.9. The fourth-order valence-electron chi connectivity index (χ4n) is 5.02. The van der Waals surface area contributed by atoms with Crippen molar-refractivity contribution in [1.29, 1.82) is 0 Å². The van der Waals surface area contributed by atoms with Gasteiger partial charge in [0.2, 0.25) is 0 Å². The summed E-state index contributed by atoms with van der Waals surface area (Å²) in [6.07, 6.45) is -0.253. The molecule has 0 aromatic heterocycles. The predicted octanol–water partition coefficient (Wildman–Crippen LogP) is 8.54. The number of ether oxygens (including phenoxy) is 4. The highest BCUT2D eigenvalue weighted by atomic mass is 35.5. The summed E-state index contributed by atoms with van der Waals surface area (Å²) in [5.74, 6) is 0. The zero-order valence-electron chi connectivity index (χ0n) is 28.3.